The Labute approximate surface area is 401 Å². The van der Waals surface area contributed by atoms with Gasteiger partial charge in [0.05, 0.1) is 42.6 Å². The molecule has 24 heteroatoms. The van der Waals surface area contributed by atoms with Crippen LogP contribution in [0.3, 0.4) is 0 Å². The van der Waals surface area contributed by atoms with E-state index in [0.717, 1.165) is 50.2 Å². The van der Waals surface area contributed by atoms with Crippen LogP contribution in [0.1, 0.15) is 56.8 Å². The second-order valence-electron chi connectivity index (χ2n) is 14.5. The topological polar surface area (TPSA) is 200 Å². The van der Waals surface area contributed by atoms with E-state index < -0.39 is 70.8 Å². The molecule has 5 aromatic carbocycles. The fourth-order valence-electron chi connectivity index (χ4n) is 5.82. The molecular weight excluding hydrogens is 992 g/mol. The van der Waals surface area contributed by atoms with Crippen LogP contribution in [0.15, 0.2) is 105 Å². The lowest BCUT2D eigenvalue weighted by Gasteiger charge is -2.17. The van der Waals surface area contributed by atoms with Gasteiger partial charge in [-0.2, -0.15) is 46.8 Å². The van der Waals surface area contributed by atoms with Crippen molar-refractivity contribution < 1.29 is 55.1 Å². The fraction of sp³-hybridized carbons (Fsp3) is 0.182. The fourth-order valence-corrected chi connectivity index (χ4v) is 6.46. The van der Waals surface area contributed by atoms with Crippen molar-refractivity contribution in [1.29, 1.82) is 0 Å². The Balaban J connectivity index is 1.27. The number of hydrogen-bond donors (Lipinski definition) is 4. The minimum absolute atomic E-state index is 0.0636. The molecule has 2 unspecified atom stereocenters. The lowest BCUT2D eigenvalue weighted by Crippen LogP contribution is -2.33. The van der Waals surface area contributed by atoms with Gasteiger partial charge in [0.15, 0.2) is 11.6 Å². The van der Waals surface area contributed by atoms with Crippen LogP contribution in [0.5, 0.6) is 0 Å². The number of hydrogen-bond acceptors (Lipinski definition) is 10. The molecule has 0 fully saturated rings. The third-order valence-corrected chi connectivity index (χ3v) is 10.9. The molecule has 5 aromatic rings. The average molecular weight is 1020 g/mol. The number of alkyl halides is 6. The average Bonchev–Trinajstić information content (AvgIpc) is 3.25. The SMILES string of the molecule is CC(=O)C(N=Nc1cc(C(=O)Nc2cc(C(F)(F)F)ccc2Cl)ccc1Cl)C(=O)Nc1ccc(NC(=O)C(N=Nc2cc(C(=O)Nc3cc(C(F)(F)F)ccc3Cl)ccc2Cl)C(C)=O)c(C)c1C. The summed E-state index contributed by atoms with van der Waals surface area (Å²) in [6.45, 7) is 5.27. The van der Waals surface area contributed by atoms with Crippen molar-refractivity contribution in [3.8, 4) is 0 Å². The Bertz CT molecular complexity index is 2740. The standard InChI is InChI=1S/C44H32Cl4F6N8O6/c1-19-20(2)32(56-42(68)38(22(4)64)62-60-36-16-24(6-10-30(36)48)40(66)58-34-18-26(44(52,53)54)8-12-28(34)46)14-13-31(19)55-41(67)37(21(3)63)61-59-35-15-23(5-9-29(35)47)39(65)57-33-17-25(43(49,50)51)7-11-27(33)45/h5-18,37-38H,1-4H3,(H,55,67)(H,56,68)(H,57,65)(H,58,66). The maximum atomic E-state index is 13.4. The van der Waals surface area contributed by atoms with Crippen LogP contribution in [0.25, 0.3) is 0 Å². The zero-order valence-electron chi connectivity index (χ0n) is 35.3. The number of benzene rings is 5. The minimum Gasteiger partial charge on any atom is -0.324 e. The van der Waals surface area contributed by atoms with Gasteiger partial charge in [-0.3, -0.25) is 28.8 Å². The first kappa shape index (κ1) is 52.2. The van der Waals surface area contributed by atoms with Crippen LogP contribution >= 0.6 is 46.4 Å². The summed E-state index contributed by atoms with van der Waals surface area (Å²) in [6, 6.07) is 11.2. The van der Waals surface area contributed by atoms with Crippen LogP contribution in [0.2, 0.25) is 20.1 Å². The summed E-state index contributed by atoms with van der Waals surface area (Å²) in [5.74, 6) is -5.18. The molecule has 0 aromatic heterocycles. The zero-order valence-corrected chi connectivity index (χ0v) is 38.3. The summed E-state index contributed by atoms with van der Waals surface area (Å²) < 4.78 is 79.5. The van der Waals surface area contributed by atoms with Gasteiger partial charge in [-0.15, -0.1) is 0 Å². The third kappa shape index (κ3) is 13.0. The van der Waals surface area contributed by atoms with E-state index in [2.05, 4.69) is 41.7 Å². The Morgan fingerprint density at radius 3 is 1.13 bits per heavy atom. The smallest absolute Gasteiger partial charge is 0.324 e. The number of halogens is 10. The number of amides is 4. The minimum atomic E-state index is -4.71. The van der Waals surface area contributed by atoms with E-state index in [9.17, 15) is 55.1 Å². The molecule has 0 radical (unpaired) electrons. The van der Waals surface area contributed by atoms with Gasteiger partial charge in [0.1, 0.15) is 11.4 Å². The molecule has 0 aliphatic rings. The van der Waals surface area contributed by atoms with Gasteiger partial charge in [-0.1, -0.05) is 46.4 Å². The Morgan fingerprint density at radius 1 is 0.471 bits per heavy atom. The van der Waals surface area contributed by atoms with Gasteiger partial charge in [0.25, 0.3) is 23.6 Å². The lowest BCUT2D eigenvalue weighted by molar-refractivity contribution is -0.138. The molecule has 4 amide bonds. The number of nitrogens with one attached hydrogen (secondary N) is 4. The molecule has 68 heavy (non-hydrogen) atoms. The number of azo groups is 2. The molecule has 354 valence electrons. The monoisotopic (exact) mass is 1020 g/mol. The van der Waals surface area contributed by atoms with Crippen LogP contribution < -0.4 is 21.3 Å². The molecule has 0 spiro atoms. The Morgan fingerprint density at radius 2 is 0.809 bits per heavy atom. The summed E-state index contributed by atoms with van der Waals surface area (Å²) in [6.07, 6.45) is -9.42. The molecule has 0 aliphatic heterocycles. The van der Waals surface area contributed by atoms with E-state index in [-0.39, 0.29) is 65.3 Å². The first-order valence-corrected chi connectivity index (χ1v) is 20.8. The number of Topliss-reactive ketones (excluding diaryl/α,β-unsaturated/α-hetero) is 2. The quantitative estimate of drug-likeness (QED) is 0.0484. The zero-order chi connectivity index (χ0) is 50.4. The summed E-state index contributed by atoms with van der Waals surface area (Å²) in [7, 11) is 0. The summed E-state index contributed by atoms with van der Waals surface area (Å²) in [5.41, 5.74) is -2.25. The van der Waals surface area contributed by atoms with Crippen molar-refractivity contribution in [3.63, 3.8) is 0 Å². The number of rotatable bonds is 14. The predicted molar refractivity (Wildman–Crippen MR) is 243 cm³/mol. The van der Waals surface area contributed by atoms with Crippen molar-refractivity contribution in [3.05, 3.63) is 138 Å². The van der Waals surface area contributed by atoms with Gasteiger partial charge in [0.2, 0.25) is 12.1 Å². The second-order valence-corrected chi connectivity index (χ2v) is 16.1. The van der Waals surface area contributed by atoms with Gasteiger partial charge in [0, 0.05) is 22.5 Å². The van der Waals surface area contributed by atoms with Gasteiger partial charge in [-0.25, -0.2) is 0 Å². The predicted octanol–water partition coefficient (Wildman–Crippen LogP) is 12.8. The maximum absolute atomic E-state index is 13.4. The number of carbonyl (C=O) groups is 6. The van der Waals surface area contributed by atoms with Crippen molar-refractivity contribution >= 4 is 116 Å². The highest BCUT2D eigenvalue weighted by Gasteiger charge is 2.33. The van der Waals surface area contributed by atoms with E-state index >= 15 is 0 Å². The highest BCUT2D eigenvalue weighted by atomic mass is 35.5. The molecular formula is C44H32Cl4F6N8O6. The summed E-state index contributed by atoms with van der Waals surface area (Å²) in [5, 5.41) is 24.7. The highest BCUT2D eigenvalue weighted by Crippen LogP contribution is 2.37. The number of carbonyl (C=O) groups excluding carboxylic acids is 6. The first-order chi connectivity index (χ1) is 31.7. The van der Waals surface area contributed by atoms with Crippen molar-refractivity contribution in [2.75, 3.05) is 21.3 Å². The molecule has 4 N–H and O–H groups in total. The third-order valence-electron chi connectivity index (χ3n) is 9.63. The van der Waals surface area contributed by atoms with E-state index in [4.69, 9.17) is 46.4 Å². The van der Waals surface area contributed by atoms with Crippen molar-refractivity contribution in [1.82, 2.24) is 0 Å². The summed E-state index contributed by atoms with van der Waals surface area (Å²) >= 11 is 24.5. The molecule has 0 saturated carbocycles. The molecule has 0 bridgehead atoms. The molecule has 0 saturated heterocycles. The van der Waals surface area contributed by atoms with Crippen LogP contribution in [-0.4, -0.2) is 47.3 Å². The maximum Gasteiger partial charge on any atom is 0.416 e. The number of ketones is 2. The van der Waals surface area contributed by atoms with Gasteiger partial charge in [-0.05, 0) is 124 Å². The number of anilines is 4. The first-order valence-electron chi connectivity index (χ1n) is 19.2. The molecule has 2 atom stereocenters. The largest absolute Gasteiger partial charge is 0.416 e. The van der Waals surface area contributed by atoms with Crippen LogP contribution in [0, 0.1) is 13.8 Å². The molecule has 5 rings (SSSR count). The van der Waals surface area contributed by atoms with Crippen molar-refractivity contribution in [2.24, 2.45) is 20.5 Å². The molecule has 0 heterocycles. The lowest BCUT2D eigenvalue weighted by atomic mass is 10.0. The van der Waals surface area contributed by atoms with E-state index in [0.29, 0.717) is 23.3 Å². The second kappa shape index (κ2) is 21.5. The van der Waals surface area contributed by atoms with Crippen molar-refractivity contribution in [2.45, 2.75) is 52.1 Å². The number of nitrogens with zero attached hydrogens (tertiary/aromatic N) is 4. The Kier molecular flexibility index (Phi) is 16.5. The summed E-state index contributed by atoms with van der Waals surface area (Å²) in [4.78, 5) is 78.0. The van der Waals surface area contributed by atoms with E-state index in [1.54, 1.807) is 13.8 Å². The van der Waals surface area contributed by atoms with E-state index in [1.165, 1.54) is 36.4 Å². The van der Waals surface area contributed by atoms with Crippen LogP contribution in [0.4, 0.5) is 60.5 Å². The Hall–Kier alpha value is -6.74. The molecule has 14 nitrogen and oxygen atoms in total. The van der Waals surface area contributed by atoms with E-state index in [1.807, 2.05) is 0 Å². The normalized spacial score (nSPS) is 12.7. The van der Waals surface area contributed by atoms with Gasteiger partial charge < -0.3 is 21.3 Å². The van der Waals surface area contributed by atoms with Crippen LogP contribution in [-0.2, 0) is 31.5 Å². The van der Waals surface area contributed by atoms with Gasteiger partial charge >= 0.3 is 12.4 Å². The molecule has 0 aliphatic carbocycles. The highest BCUT2D eigenvalue weighted by molar-refractivity contribution is 6.35.